The van der Waals surface area contributed by atoms with Crippen LogP contribution in [0.5, 0.6) is 0 Å². The molecule has 0 spiro atoms. The molecule has 8 heteroatoms. The first kappa shape index (κ1) is 21.4. The molecule has 0 fully saturated rings. The summed E-state index contributed by atoms with van der Waals surface area (Å²) in [4.78, 5) is 12.7. The van der Waals surface area contributed by atoms with Gasteiger partial charge in [-0.2, -0.15) is 4.31 Å². The summed E-state index contributed by atoms with van der Waals surface area (Å²) in [5.74, 6) is -0.691. The van der Waals surface area contributed by atoms with Crippen molar-refractivity contribution < 1.29 is 17.6 Å². The summed E-state index contributed by atoms with van der Waals surface area (Å²) in [5.41, 5.74) is 1.01. The van der Waals surface area contributed by atoms with E-state index in [2.05, 4.69) is 5.32 Å². The van der Waals surface area contributed by atoms with Gasteiger partial charge in [0, 0.05) is 23.7 Å². The topological polar surface area (TPSA) is 66.5 Å². The zero-order valence-corrected chi connectivity index (χ0v) is 17.2. The van der Waals surface area contributed by atoms with Crippen molar-refractivity contribution in [2.24, 2.45) is 0 Å². The fourth-order valence-electron chi connectivity index (χ4n) is 2.56. The van der Waals surface area contributed by atoms with Crippen LogP contribution in [0, 0.1) is 12.7 Å². The maximum absolute atomic E-state index is 13.6. The largest absolute Gasteiger partial charge is 0.325 e. The highest BCUT2D eigenvalue weighted by Crippen LogP contribution is 2.25. The molecule has 2 aromatic rings. The van der Waals surface area contributed by atoms with Crippen LogP contribution in [0.1, 0.15) is 19.4 Å². The molecule has 0 aromatic heterocycles. The molecule has 0 aliphatic rings. The van der Waals surface area contributed by atoms with E-state index in [9.17, 15) is 17.6 Å². The predicted molar refractivity (Wildman–Crippen MR) is 107 cm³/mol. The van der Waals surface area contributed by atoms with E-state index in [1.54, 1.807) is 51.1 Å². The smallest absolute Gasteiger partial charge is 0.243 e. The van der Waals surface area contributed by atoms with E-state index in [1.165, 1.54) is 16.4 Å². The van der Waals surface area contributed by atoms with Gasteiger partial charge in [-0.15, -0.1) is 11.8 Å². The minimum atomic E-state index is -3.62. The minimum absolute atomic E-state index is 0.0208. The number of hydrogen-bond donors (Lipinski definition) is 1. The van der Waals surface area contributed by atoms with Gasteiger partial charge in [-0.1, -0.05) is 32.0 Å². The second kappa shape index (κ2) is 9.34. The number of anilines is 1. The first-order valence-electron chi connectivity index (χ1n) is 8.57. The van der Waals surface area contributed by atoms with E-state index in [0.29, 0.717) is 29.2 Å². The van der Waals surface area contributed by atoms with E-state index in [-0.39, 0.29) is 22.4 Å². The number of halogens is 1. The summed E-state index contributed by atoms with van der Waals surface area (Å²) in [6.07, 6.45) is 0. The monoisotopic (exact) mass is 410 g/mol. The van der Waals surface area contributed by atoms with Gasteiger partial charge < -0.3 is 5.32 Å². The van der Waals surface area contributed by atoms with Crippen LogP contribution in [0.2, 0.25) is 0 Å². The van der Waals surface area contributed by atoms with Crippen LogP contribution < -0.4 is 5.32 Å². The average molecular weight is 411 g/mol. The molecular weight excluding hydrogens is 387 g/mol. The van der Waals surface area contributed by atoms with Gasteiger partial charge in [0.05, 0.1) is 10.6 Å². The van der Waals surface area contributed by atoms with Gasteiger partial charge in [-0.25, -0.2) is 12.8 Å². The highest BCUT2D eigenvalue weighted by Gasteiger charge is 2.24. The Balaban J connectivity index is 2.13. The van der Waals surface area contributed by atoms with E-state index in [0.717, 1.165) is 11.8 Å². The Morgan fingerprint density at radius 3 is 2.44 bits per heavy atom. The maximum atomic E-state index is 13.6. The van der Waals surface area contributed by atoms with E-state index >= 15 is 0 Å². The Labute approximate surface area is 164 Å². The molecule has 146 valence electrons. The molecule has 0 heterocycles. The number of benzene rings is 2. The Kier molecular flexibility index (Phi) is 7.41. The SMILES string of the molecule is CCN(CC)S(=O)(=O)c1cc(NC(=O)CSc2ccccc2F)ccc1C. The molecule has 0 aliphatic carbocycles. The fraction of sp³-hybridized carbons (Fsp3) is 0.316. The van der Waals surface area contributed by atoms with Gasteiger partial charge in [0.2, 0.25) is 15.9 Å². The number of sulfonamides is 1. The van der Waals surface area contributed by atoms with E-state index < -0.39 is 10.0 Å². The quantitative estimate of drug-likeness (QED) is 0.671. The lowest BCUT2D eigenvalue weighted by Crippen LogP contribution is -2.31. The highest BCUT2D eigenvalue weighted by molar-refractivity contribution is 8.00. The first-order chi connectivity index (χ1) is 12.8. The van der Waals surface area contributed by atoms with Gasteiger partial charge in [0.1, 0.15) is 5.82 Å². The lowest BCUT2D eigenvalue weighted by Gasteiger charge is -2.20. The third kappa shape index (κ3) is 5.31. The van der Waals surface area contributed by atoms with Crippen molar-refractivity contribution in [3.05, 3.63) is 53.8 Å². The van der Waals surface area contributed by atoms with Gasteiger partial charge in [-0.05, 0) is 36.8 Å². The van der Waals surface area contributed by atoms with Crippen LogP contribution in [0.15, 0.2) is 52.3 Å². The summed E-state index contributed by atoms with van der Waals surface area (Å²) in [6, 6.07) is 11.0. The third-order valence-electron chi connectivity index (χ3n) is 3.99. The van der Waals surface area contributed by atoms with E-state index in [4.69, 9.17) is 0 Å². The molecule has 0 saturated carbocycles. The third-order valence-corrected chi connectivity index (χ3v) is 7.23. The molecular formula is C19H23FN2O3S2. The molecule has 27 heavy (non-hydrogen) atoms. The molecule has 0 saturated heterocycles. The molecule has 0 atom stereocenters. The highest BCUT2D eigenvalue weighted by atomic mass is 32.2. The van der Waals surface area contributed by atoms with Crippen molar-refractivity contribution in [2.75, 3.05) is 24.2 Å². The molecule has 0 aliphatic heterocycles. The van der Waals surface area contributed by atoms with Gasteiger partial charge in [0.25, 0.3) is 0 Å². The second-order valence-corrected chi connectivity index (χ2v) is 8.76. The number of nitrogens with zero attached hydrogens (tertiary/aromatic N) is 1. The van der Waals surface area contributed by atoms with E-state index in [1.807, 2.05) is 0 Å². The summed E-state index contributed by atoms with van der Waals surface area (Å²) in [7, 11) is -3.62. The van der Waals surface area contributed by atoms with Gasteiger partial charge in [0.15, 0.2) is 0 Å². The molecule has 5 nitrogen and oxygen atoms in total. The number of hydrogen-bond acceptors (Lipinski definition) is 4. The number of nitrogens with one attached hydrogen (secondary N) is 1. The van der Waals surface area contributed by atoms with Crippen molar-refractivity contribution in [2.45, 2.75) is 30.6 Å². The van der Waals surface area contributed by atoms with Crippen molar-refractivity contribution in [1.29, 1.82) is 0 Å². The molecule has 1 N–H and O–H groups in total. The predicted octanol–water partition coefficient (Wildman–Crippen LogP) is 3.90. The maximum Gasteiger partial charge on any atom is 0.243 e. The number of thioether (sulfide) groups is 1. The zero-order valence-electron chi connectivity index (χ0n) is 15.5. The van der Waals surface area contributed by atoms with Crippen LogP contribution in [0.3, 0.4) is 0 Å². The standard InChI is InChI=1S/C19H23FN2O3S2/c1-4-22(5-2)27(24,25)18-12-15(11-10-14(18)3)21-19(23)13-26-17-9-7-6-8-16(17)20/h6-12H,4-5,13H2,1-3H3,(H,21,23). The van der Waals surface area contributed by atoms with Crippen LogP contribution in [0.25, 0.3) is 0 Å². The number of aryl methyl sites for hydroxylation is 1. The molecule has 0 bridgehead atoms. The lowest BCUT2D eigenvalue weighted by molar-refractivity contribution is -0.113. The van der Waals surface area contributed by atoms with Gasteiger partial charge >= 0.3 is 0 Å². The Bertz CT molecular complexity index is 913. The minimum Gasteiger partial charge on any atom is -0.325 e. The van der Waals surface area contributed by atoms with Crippen molar-refractivity contribution >= 4 is 33.4 Å². The van der Waals surface area contributed by atoms with Crippen LogP contribution in [0.4, 0.5) is 10.1 Å². The van der Waals surface area contributed by atoms with Crippen LogP contribution in [-0.2, 0) is 14.8 Å². The van der Waals surface area contributed by atoms with Crippen molar-refractivity contribution in [3.8, 4) is 0 Å². The van der Waals surface area contributed by atoms with Crippen molar-refractivity contribution in [1.82, 2.24) is 4.31 Å². The zero-order chi connectivity index (χ0) is 20.0. The Morgan fingerprint density at radius 1 is 1.15 bits per heavy atom. The molecule has 0 unspecified atom stereocenters. The number of amides is 1. The number of carbonyl (C=O) groups excluding carboxylic acids is 1. The summed E-state index contributed by atoms with van der Waals surface area (Å²) in [6.45, 7) is 6.02. The van der Waals surface area contributed by atoms with Crippen LogP contribution >= 0.6 is 11.8 Å². The summed E-state index contributed by atoms with van der Waals surface area (Å²) >= 11 is 1.09. The van der Waals surface area contributed by atoms with Gasteiger partial charge in [-0.3, -0.25) is 4.79 Å². The summed E-state index contributed by atoms with van der Waals surface area (Å²) < 4.78 is 40.5. The molecule has 2 rings (SSSR count). The fourth-order valence-corrected chi connectivity index (χ4v) is 5.01. The molecule has 2 aromatic carbocycles. The lowest BCUT2D eigenvalue weighted by atomic mass is 10.2. The number of carbonyl (C=O) groups is 1. The Morgan fingerprint density at radius 2 is 1.81 bits per heavy atom. The molecule has 0 radical (unpaired) electrons. The second-order valence-electron chi connectivity index (χ2n) is 5.84. The molecule has 1 amide bonds. The first-order valence-corrected chi connectivity index (χ1v) is 11.0. The average Bonchev–Trinajstić information content (AvgIpc) is 2.63. The Hall–Kier alpha value is -1.90. The normalized spacial score (nSPS) is 11.6. The van der Waals surface area contributed by atoms with Crippen molar-refractivity contribution in [3.63, 3.8) is 0 Å². The number of rotatable bonds is 8. The van der Waals surface area contributed by atoms with Crippen LogP contribution in [-0.4, -0.2) is 37.5 Å². The summed E-state index contributed by atoms with van der Waals surface area (Å²) in [5, 5.41) is 2.68.